The largest absolute Gasteiger partial charge is 0.497 e. The summed E-state index contributed by atoms with van der Waals surface area (Å²) in [5.41, 5.74) is 6.94. The van der Waals surface area contributed by atoms with E-state index < -0.39 is 0 Å². The third-order valence-electron chi connectivity index (χ3n) is 3.05. The molecular formula is C17H24IN3O. The lowest BCUT2D eigenvalue weighted by Gasteiger charge is -2.21. The van der Waals surface area contributed by atoms with Crippen molar-refractivity contribution in [1.29, 1.82) is 0 Å². The lowest BCUT2D eigenvalue weighted by atomic mass is 10.1. The smallest absolute Gasteiger partial charge is 0.189 e. The highest BCUT2D eigenvalue weighted by atomic mass is 127. The van der Waals surface area contributed by atoms with Gasteiger partial charge in [-0.3, -0.25) is 0 Å². The maximum atomic E-state index is 5.88. The van der Waals surface area contributed by atoms with Crippen LogP contribution in [0, 0.1) is 0 Å². The van der Waals surface area contributed by atoms with Gasteiger partial charge in [0.1, 0.15) is 5.75 Å². The highest BCUT2D eigenvalue weighted by molar-refractivity contribution is 14.0. The molecule has 0 unspecified atom stereocenters. The van der Waals surface area contributed by atoms with Gasteiger partial charge in [0.2, 0.25) is 0 Å². The Bertz CT molecular complexity index is 662. The Morgan fingerprint density at radius 3 is 2.41 bits per heavy atom. The average Bonchev–Trinajstić information content (AvgIpc) is 2.42. The number of nitrogens with one attached hydrogen (secondary N) is 1. The highest BCUT2D eigenvalue weighted by Crippen LogP contribution is 2.22. The molecule has 2 rings (SSSR count). The van der Waals surface area contributed by atoms with E-state index in [1.165, 1.54) is 5.39 Å². The molecule has 4 nitrogen and oxygen atoms in total. The number of rotatable bonds is 3. The molecule has 0 bridgehead atoms. The number of ether oxygens (including phenoxy) is 1. The van der Waals surface area contributed by atoms with Crippen molar-refractivity contribution in [2.45, 2.75) is 32.9 Å². The topological polar surface area (TPSA) is 59.6 Å². The van der Waals surface area contributed by atoms with Crippen molar-refractivity contribution >= 4 is 40.7 Å². The van der Waals surface area contributed by atoms with E-state index in [0.717, 1.165) is 16.7 Å². The van der Waals surface area contributed by atoms with Gasteiger partial charge >= 0.3 is 0 Å². The second-order valence-corrected chi connectivity index (χ2v) is 6.12. The van der Waals surface area contributed by atoms with Crippen LogP contribution in [0.4, 0.5) is 0 Å². The standard InChI is InChI=1S/C17H23N3O.HI/c1-17(2,3)20-16(18)19-11-12-5-6-14-10-15(21-4)8-7-13(14)9-12;/h5-10H,11H2,1-4H3,(H3,18,19,20);1H. The van der Waals surface area contributed by atoms with Gasteiger partial charge in [-0.15, -0.1) is 24.0 Å². The first kappa shape index (κ1) is 18.5. The number of nitrogens with zero attached hydrogens (tertiary/aromatic N) is 1. The number of aliphatic imine (C=N–C) groups is 1. The summed E-state index contributed by atoms with van der Waals surface area (Å²) in [5.74, 6) is 1.34. The van der Waals surface area contributed by atoms with Gasteiger partial charge in [-0.05, 0) is 55.3 Å². The SMILES string of the molecule is COc1ccc2cc(CN=C(N)NC(C)(C)C)ccc2c1.I. The first-order valence-electron chi connectivity index (χ1n) is 7.02. The van der Waals surface area contributed by atoms with Crippen LogP contribution in [0.5, 0.6) is 5.75 Å². The van der Waals surface area contributed by atoms with Crippen LogP contribution in [0.2, 0.25) is 0 Å². The van der Waals surface area contributed by atoms with Crippen molar-refractivity contribution in [2.24, 2.45) is 10.7 Å². The molecule has 0 heterocycles. The van der Waals surface area contributed by atoms with Gasteiger partial charge in [0.05, 0.1) is 13.7 Å². The zero-order valence-electron chi connectivity index (χ0n) is 13.5. The van der Waals surface area contributed by atoms with Gasteiger partial charge in [-0.1, -0.05) is 18.2 Å². The van der Waals surface area contributed by atoms with E-state index in [-0.39, 0.29) is 29.5 Å². The second kappa shape index (κ2) is 7.67. The minimum atomic E-state index is -0.0759. The van der Waals surface area contributed by atoms with Crippen molar-refractivity contribution in [2.75, 3.05) is 7.11 Å². The first-order chi connectivity index (χ1) is 9.87. The molecule has 3 N–H and O–H groups in total. The van der Waals surface area contributed by atoms with E-state index in [0.29, 0.717) is 12.5 Å². The summed E-state index contributed by atoms with van der Waals surface area (Å²) in [6, 6.07) is 12.3. The Kier molecular flexibility index (Phi) is 6.47. The predicted octanol–water partition coefficient (Wildman–Crippen LogP) is 3.67. The number of hydrogen-bond donors (Lipinski definition) is 2. The minimum Gasteiger partial charge on any atom is -0.497 e. The van der Waals surface area contributed by atoms with Crippen LogP contribution in [0.3, 0.4) is 0 Å². The van der Waals surface area contributed by atoms with Crippen LogP contribution in [-0.4, -0.2) is 18.6 Å². The van der Waals surface area contributed by atoms with E-state index in [4.69, 9.17) is 10.5 Å². The number of halogens is 1. The van der Waals surface area contributed by atoms with Crippen LogP contribution in [0.25, 0.3) is 10.8 Å². The zero-order chi connectivity index (χ0) is 15.5. The van der Waals surface area contributed by atoms with Crippen LogP contribution in [-0.2, 0) is 6.54 Å². The van der Waals surface area contributed by atoms with Gasteiger partial charge < -0.3 is 15.8 Å². The minimum absolute atomic E-state index is 0. The Labute approximate surface area is 149 Å². The van der Waals surface area contributed by atoms with E-state index in [1.807, 2.05) is 12.1 Å². The van der Waals surface area contributed by atoms with Crippen molar-refractivity contribution in [3.05, 3.63) is 42.0 Å². The molecule has 2 aromatic rings. The molecule has 0 atom stereocenters. The molecule has 0 aromatic heterocycles. The van der Waals surface area contributed by atoms with Crippen molar-refractivity contribution < 1.29 is 4.74 Å². The molecule has 0 saturated carbocycles. The van der Waals surface area contributed by atoms with E-state index >= 15 is 0 Å². The molecule has 0 aliphatic carbocycles. The number of fused-ring (bicyclic) bond motifs is 1. The van der Waals surface area contributed by atoms with Crippen LogP contribution in [0.1, 0.15) is 26.3 Å². The summed E-state index contributed by atoms with van der Waals surface area (Å²) in [6.45, 7) is 6.73. The number of guanidine groups is 1. The zero-order valence-corrected chi connectivity index (χ0v) is 15.8. The summed E-state index contributed by atoms with van der Waals surface area (Å²) in [6.07, 6.45) is 0. The number of hydrogen-bond acceptors (Lipinski definition) is 2. The Morgan fingerprint density at radius 1 is 1.14 bits per heavy atom. The quantitative estimate of drug-likeness (QED) is 0.459. The molecule has 0 amide bonds. The van der Waals surface area contributed by atoms with Crippen molar-refractivity contribution in [3.8, 4) is 5.75 Å². The van der Waals surface area contributed by atoms with Crippen molar-refractivity contribution in [1.82, 2.24) is 5.32 Å². The van der Waals surface area contributed by atoms with Gasteiger partial charge in [0.25, 0.3) is 0 Å². The van der Waals surface area contributed by atoms with Gasteiger partial charge in [0.15, 0.2) is 5.96 Å². The maximum absolute atomic E-state index is 5.88. The Hall–Kier alpha value is -1.50. The monoisotopic (exact) mass is 413 g/mol. The molecule has 0 aliphatic rings. The second-order valence-electron chi connectivity index (χ2n) is 6.12. The molecule has 22 heavy (non-hydrogen) atoms. The fourth-order valence-electron chi connectivity index (χ4n) is 2.10. The van der Waals surface area contributed by atoms with E-state index in [9.17, 15) is 0 Å². The van der Waals surface area contributed by atoms with Crippen LogP contribution in [0.15, 0.2) is 41.4 Å². The Balaban J connectivity index is 0.00000242. The van der Waals surface area contributed by atoms with Gasteiger partial charge in [-0.25, -0.2) is 4.99 Å². The average molecular weight is 413 g/mol. The summed E-state index contributed by atoms with van der Waals surface area (Å²) in [7, 11) is 1.68. The summed E-state index contributed by atoms with van der Waals surface area (Å²) < 4.78 is 5.23. The van der Waals surface area contributed by atoms with E-state index in [1.54, 1.807) is 7.11 Å². The lowest BCUT2D eigenvalue weighted by Crippen LogP contribution is -2.44. The predicted molar refractivity (Wildman–Crippen MR) is 104 cm³/mol. The third kappa shape index (κ3) is 5.36. The lowest BCUT2D eigenvalue weighted by molar-refractivity contribution is 0.415. The first-order valence-corrected chi connectivity index (χ1v) is 7.02. The molecule has 5 heteroatoms. The molecule has 0 radical (unpaired) electrons. The molecular weight excluding hydrogens is 389 g/mol. The van der Waals surface area contributed by atoms with Crippen LogP contribution >= 0.6 is 24.0 Å². The summed E-state index contributed by atoms with van der Waals surface area (Å²) >= 11 is 0. The maximum Gasteiger partial charge on any atom is 0.189 e. The van der Waals surface area contributed by atoms with Crippen LogP contribution < -0.4 is 15.8 Å². The molecule has 0 fully saturated rings. The normalized spacial score (nSPS) is 11.9. The number of benzene rings is 2. The molecule has 2 aromatic carbocycles. The fourth-order valence-corrected chi connectivity index (χ4v) is 2.10. The van der Waals surface area contributed by atoms with Gasteiger partial charge in [0, 0.05) is 5.54 Å². The van der Waals surface area contributed by atoms with Crippen molar-refractivity contribution in [3.63, 3.8) is 0 Å². The third-order valence-corrected chi connectivity index (χ3v) is 3.05. The Morgan fingerprint density at radius 2 is 1.77 bits per heavy atom. The fraction of sp³-hybridized carbons (Fsp3) is 0.353. The van der Waals surface area contributed by atoms with E-state index in [2.05, 4.69) is 55.3 Å². The number of nitrogens with two attached hydrogens (primary N) is 1. The molecule has 0 aliphatic heterocycles. The summed E-state index contributed by atoms with van der Waals surface area (Å²) in [4.78, 5) is 4.38. The summed E-state index contributed by atoms with van der Waals surface area (Å²) in [5, 5.41) is 5.48. The molecule has 0 saturated heterocycles. The highest BCUT2D eigenvalue weighted by Gasteiger charge is 2.09. The molecule has 0 spiro atoms. The number of methoxy groups -OCH3 is 1. The van der Waals surface area contributed by atoms with Gasteiger partial charge in [-0.2, -0.15) is 0 Å². The molecule has 120 valence electrons.